The minimum atomic E-state index is 0.395. The van der Waals surface area contributed by atoms with Crippen molar-refractivity contribution in [3.8, 4) is 0 Å². The average Bonchev–Trinajstić information content (AvgIpc) is 2.07. The van der Waals surface area contributed by atoms with Gasteiger partial charge in [0.1, 0.15) is 0 Å². The normalized spacial score (nSPS) is 22.6. The molecule has 1 unspecified atom stereocenters. The van der Waals surface area contributed by atoms with Gasteiger partial charge in [0.05, 0.1) is 6.17 Å². The highest BCUT2D eigenvalue weighted by atomic mass is 15.3. The molecular formula is C9H19N3. The Hall–Kier alpha value is -0.380. The molecule has 3 nitrogen and oxygen atoms in total. The van der Waals surface area contributed by atoms with E-state index in [0.717, 1.165) is 26.2 Å². The molecule has 0 aliphatic carbocycles. The Labute approximate surface area is 75.0 Å². The van der Waals surface area contributed by atoms with Crippen LogP contribution in [0.1, 0.15) is 0 Å². The van der Waals surface area contributed by atoms with E-state index in [1.54, 1.807) is 0 Å². The third kappa shape index (κ3) is 2.30. The maximum atomic E-state index is 3.85. The summed E-state index contributed by atoms with van der Waals surface area (Å²) in [6, 6.07) is 0. The van der Waals surface area contributed by atoms with E-state index in [-0.39, 0.29) is 0 Å². The smallest absolute Gasteiger partial charge is 0.0808 e. The minimum Gasteiger partial charge on any atom is -0.314 e. The molecule has 0 spiro atoms. The van der Waals surface area contributed by atoms with Gasteiger partial charge in [0.2, 0.25) is 0 Å². The van der Waals surface area contributed by atoms with Crippen molar-refractivity contribution in [1.29, 1.82) is 0 Å². The highest BCUT2D eigenvalue weighted by molar-refractivity contribution is 4.87. The van der Waals surface area contributed by atoms with Gasteiger partial charge in [-0.3, -0.25) is 9.80 Å². The van der Waals surface area contributed by atoms with Crippen molar-refractivity contribution in [2.45, 2.75) is 6.17 Å². The standard InChI is InChI=1S/C9H19N3/c1-4-9(11(2)3)12-7-5-10-6-8-12/h4,9-10H,1,5-8H2,2-3H3. The van der Waals surface area contributed by atoms with E-state index in [4.69, 9.17) is 0 Å². The van der Waals surface area contributed by atoms with Gasteiger partial charge in [-0.15, -0.1) is 6.58 Å². The molecule has 1 fully saturated rings. The zero-order valence-corrected chi connectivity index (χ0v) is 8.08. The molecule has 12 heavy (non-hydrogen) atoms. The van der Waals surface area contributed by atoms with Crippen LogP contribution in [0.4, 0.5) is 0 Å². The third-order valence-electron chi connectivity index (χ3n) is 2.27. The molecule has 1 rings (SSSR count). The molecule has 1 atom stereocenters. The summed E-state index contributed by atoms with van der Waals surface area (Å²) in [4.78, 5) is 4.63. The monoisotopic (exact) mass is 169 g/mol. The van der Waals surface area contributed by atoms with Crippen LogP contribution in [0.5, 0.6) is 0 Å². The first-order valence-electron chi connectivity index (χ1n) is 4.49. The number of nitrogens with zero attached hydrogens (tertiary/aromatic N) is 2. The molecule has 3 heteroatoms. The minimum absolute atomic E-state index is 0.395. The molecule has 1 aliphatic rings. The molecule has 70 valence electrons. The second-order valence-electron chi connectivity index (χ2n) is 3.40. The predicted octanol–water partition coefficient (Wildman–Crippen LogP) is -0.0347. The van der Waals surface area contributed by atoms with E-state index >= 15 is 0 Å². The van der Waals surface area contributed by atoms with Gasteiger partial charge in [-0.1, -0.05) is 6.08 Å². The first kappa shape index (κ1) is 9.71. The summed E-state index contributed by atoms with van der Waals surface area (Å²) in [5.41, 5.74) is 0. The lowest BCUT2D eigenvalue weighted by atomic mass is 10.3. The van der Waals surface area contributed by atoms with Crippen LogP contribution >= 0.6 is 0 Å². The number of hydrogen-bond acceptors (Lipinski definition) is 3. The van der Waals surface area contributed by atoms with Gasteiger partial charge in [-0.25, -0.2) is 0 Å². The van der Waals surface area contributed by atoms with E-state index in [9.17, 15) is 0 Å². The van der Waals surface area contributed by atoms with E-state index < -0.39 is 0 Å². The molecule has 0 aromatic rings. The summed E-state index contributed by atoms with van der Waals surface area (Å²) < 4.78 is 0. The van der Waals surface area contributed by atoms with E-state index in [0.29, 0.717) is 6.17 Å². The molecule has 0 aromatic carbocycles. The molecule has 1 heterocycles. The van der Waals surface area contributed by atoms with Gasteiger partial charge >= 0.3 is 0 Å². The zero-order valence-electron chi connectivity index (χ0n) is 8.08. The van der Waals surface area contributed by atoms with Gasteiger partial charge in [0.25, 0.3) is 0 Å². The molecule has 0 aromatic heterocycles. The maximum Gasteiger partial charge on any atom is 0.0808 e. The zero-order chi connectivity index (χ0) is 8.97. The predicted molar refractivity (Wildman–Crippen MR) is 52.1 cm³/mol. The van der Waals surface area contributed by atoms with Crippen LogP contribution in [0.2, 0.25) is 0 Å². The Morgan fingerprint density at radius 2 is 2.00 bits per heavy atom. The van der Waals surface area contributed by atoms with Crippen LogP contribution < -0.4 is 5.32 Å². The Kier molecular flexibility index (Phi) is 3.72. The second kappa shape index (κ2) is 4.60. The Balaban J connectivity index is 2.45. The van der Waals surface area contributed by atoms with E-state index in [2.05, 4.69) is 35.8 Å². The van der Waals surface area contributed by atoms with Crippen molar-refractivity contribution in [3.63, 3.8) is 0 Å². The first-order valence-corrected chi connectivity index (χ1v) is 4.49. The number of likely N-dealkylation sites (N-methyl/N-ethyl adjacent to an activating group) is 1. The van der Waals surface area contributed by atoms with Crippen LogP contribution in [0.25, 0.3) is 0 Å². The quantitative estimate of drug-likeness (QED) is 0.598. The van der Waals surface area contributed by atoms with Gasteiger partial charge in [0.15, 0.2) is 0 Å². The summed E-state index contributed by atoms with van der Waals surface area (Å²) in [5.74, 6) is 0. The summed E-state index contributed by atoms with van der Waals surface area (Å²) in [7, 11) is 4.18. The van der Waals surface area contributed by atoms with Crippen LogP contribution in [-0.4, -0.2) is 56.2 Å². The Bertz CT molecular complexity index is 139. The van der Waals surface area contributed by atoms with Crippen molar-refractivity contribution < 1.29 is 0 Å². The van der Waals surface area contributed by atoms with Crippen LogP contribution in [0, 0.1) is 0 Å². The SMILES string of the molecule is C=CC(N(C)C)N1CCNCC1. The molecule has 0 radical (unpaired) electrons. The highest BCUT2D eigenvalue weighted by Crippen LogP contribution is 2.04. The number of hydrogen-bond donors (Lipinski definition) is 1. The fourth-order valence-electron chi connectivity index (χ4n) is 1.63. The van der Waals surface area contributed by atoms with Crippen molar-refractivity contribution in [3.05, 3.63) is 12.7 Å². The lowest BCUT2D eigenvalue weighted by molar-refractivity contribution is 0.103. The second-order valence-corrected chi connectivity index (χ2v) is 3.40. The van der Waals surface area contributed by atoms with Gasteiger partial charge in [-0.05, 0) is 14.1 Å². The molecule has 1 saturated heterocycles. The van der Waals surface area contributed by atoms with Crippen molar-refractivity contribution >= 4 is 0 Å². The molecule has 0 saturated carbocycles. The lowest BCUT2D eigenvalue weighted by Gasteiger charge is -2.36. The maximum absolute atomic E-state index is 3.85. The van der Waals surface area contributed by atoms with Crippen molar-refractivity contribution in [2.24, 2.45) is 0 Å². The largest absolute Gasteiger partial charge is 0.314 e. The molecule has 0 amide bonds. The first-order chi connectivity index (χ1) is 5.75. The fourth-order valence-corrected chi connectivity index (χ4v) is 1.63. The third-order valence-corrected chi connectivity index (χ3v) is 2.27. The van der Waals surface area contributed by atoms with Gasteiger partial charge < -0.3 is 5.32 Å². The van der Waals surface area contributed by atoms with Crippen molar-refractivity contribution in [2.75, 3.05) is 40.3 Å². The van der Waals surface area contributed by atoms with Gasteiger partial charge in [-0.2, -0.15) is 0 Å². The number of nitrogens with one attached hydrogen (secondary N) is 1. The number of rotatable bonds is 3. The summed E-state index contributed by atoms with van der Waals surface area (Å²) in [6.07, 6.45) is 2.40. The van der Waals surface area contributed by atoms with Crippen LogP contribution in [0.15, 0.2) is 12.7 Å². The fraction of sp³-hybridized carbons (Fsp3) is 0.778. The molecular weight excluding hydrogens is 150 g/mol. The lowest BCUT2D eigenvalue weighted by Crippen LogP contribution is -2.52. The van der Waals surface area contributed by atoms with E-state index in [1.807, 2.05) is 6.08 Å². The Morgan fingerprint density at radius 1 is 1.42 bits per heavy atom. The van der Waals surface area contributed by atoms with Crippen LogP contribution in [-0.2, 0) is 0 Å². The summed E-state index contributed by atoms with van der Waals surface area (Å²) >= 11 is 0. The van der Waals surface area contributed by atoms with Crippen molar-refractivity contribution in [1.82, 2.24) is 15.1 Å². The molecule has 0 bridgehead atoms. The van der Waals surface area contributed by atoms with Crippen LogP contribution in [0.3, 0.4) is 0 Å². The Morgan fingerprint density at radius 3 is 2.42 bits per heavy atom. The number of piperazine rings is 1. The summed E-state index contributed by atoms with van der Waals surface area (Å²) in [5, 5.41) is 3.34. The van der Waals surface area contributed by atoms with Gasteiger partial charge in [0, 0.05) is 26.2 Å². The highest BCUT2D eigenvalue weighted by Gasteiger charge is 2.18. The summed E-state index contributed by atoms with van der Waals surface area (Å²) in [6.45, 7) is 8.28. The van der Waals surface area contributed by atoms with E-state index in [1.165, 1.54) is 0 Å². The topological polar surface area (TPSA) is 18.5 Å². The molecule has 1 N–H and O–H groups in total. The average molecular weight is 169 g/mol. The molecule has 1 aliphatic heterocycles.